The fourth-order valence-electron chi connectivity index (χ4n) is 2.55. The number of piperazine rings is 1. The molecule has 4 nitrogen and oxygen atoms in total. The highest BCUT2D eigenvalue weighted by atomic mass is 19.4. The van der Waals surface area contributed by atoms with E-state index in [1.807, 2.05) is 6.07 Å². The van der Waals surface area contributed by atoms with E-state index in [1.165, 1.54) is 12.1 Å². The Morgan fingerprint density at radius 1 is 1.09 bits per heavy atom. The molecule has 124 valence electrons. The van der Waals surface area contributed by atoms with Gasteiger partial charge in [-0.1, -0.05) is 0 Å². The van der Waals surface area contributed by atoms with Crippen LogP contribution in [0.2, 0.25) is 0 Å². The summed E-state index contributed by atoms with van der Waals surface area (Å²) in [4.78, 5) is 4.36. The fourth-order valence-corrected chi connectivity index (χ4v) is 2.55. The normalized spacial score (nSPS) is 16.9. The number of methoxy groups -OCH3 is 1. The number of benzene rings is 1. The molecule has 0 spiro atoms. The number of hydrogen-bond donors (Lipinski definition) is 0. The van der Waals surface area contributed by atoms with Crippen molar-refractivity contribution in [3.05, 3.63) is 23.8 Å². The summed E-state index contributed by atoms with van der Waals surface area (Å²) in [6.45, 7) is 6.62. The van der Waals surface area contributed by atoms with Crippen LogP contribution in [0.5, 0.6) is 5.75 Å². The minimum atomic E-state index is -4.66. The molecule has 2 rings (SSSR count). The molecule has 7 heteroatoms. The number of anilines is 1. The molecule has 1 aliphatic rings. The van der Waals surface area contributed by atoms with Crippen LogP contribution in [-0.4, -0.2) is 57.7 Å². The second-order valence-corrected chi connectivity index (χ2v) is 5.37. The first-order valence-electron chi connectivity index (χ1n) is 7.21. The summed E-state index contributed by atoms with van der Waals surface area (Å²) < 4.78 is 46.2. The van der Waals surface area contributed by atoms with E-state index in [1.54, 1.807) is 14.0 Å². The third-order valence-electron chi connectivity index (χ3n) is 3.62. The number of alkyl halides is 3. The van der Waals surface area contributed by atoms with Gasteiger partial charge in [0.15, 0.2) is 0 Å². The summed E-state index contributed by atoms with van der Waals surface area (Å²) in [5, 5.41) is 0. The maximum absolute atomic E-state index is 12.4. The van der Waals surface area contributed by atoms with Gasteiger partial charge >= 0.3 is 6.36 Å². The van der Waals surface area contributed by atoms with Gasteiger partial charge in [0, 0.05) is 51.6 Å². The zero-order valence-electron chi connectivity index (χ0n) is 12.8. The summed E-state index contributed by atoms with van der Waals surface area (Å²) in [7, 11) is 1.67. The molecule has 0 radical (unpaired) electrons. The number of aryl methyl sites for hydroxylation is 1. The molecule has 0 saturated carbocycles. The highest BCUT2D eigenvalue weighted by Crippen LogP contribution is 2.29. The zero-order valence-corrected chi connectivity index (χ0v) is 12.8. The van der Waals surface area contributed by atoms with E-state index in [4.69, 9.17) is 4.74 Å². The van der Waals surface area contributed by atoms with Gasteiger partial charge in [0.25, 0.3) is 0 Å². The van der Waals surface area contributed by atoms with Gasteiger partial charge in [-0.25, -0.2) is 0 Å². The van der Waals surface area contributed by atoms with Gasteiger partial charge in [-0.2, -0.15) is 0 Å². The predicted molar refractivity (Wildman–Crippen MR) is 78.4 cm³/mol. The Morgan fingerprint density at radius 2 is 1.77 bits per heavy atom. The van der Waals surface area contributed by atoms with Crippen molar-refractivity contribution in [1.82, 2.24) is 4.90 Å². The van der Waals surface area contributed by atoms with Crippen LogP contribution in [0, 0.1) is 6.92 Å². The second kappa shape index (κ2) is 7.19. The van der Waals surface area contributed by atoms with Crippen molar-refractivity contribution in [1.29, 1.82) is 0 Å². The molecule has 1 aromatic carbocycles. The molecular weight excluding hydrogens is 297 g/mol. The Balaban J connectivity index is 2.01. The van der Waals surface area contributed by atoms with E-state index in [0.717, 1.165) is 44.0 Å². The van der Waals surface area contributed by atoms with Crippen LogP contribution in [0.25, 0.3) is 0 Å². The average Bonchev–Trinajstić information content (AvgIpc) is 2.43. The van der Waals surface area contributed by atoms with Gasteiger partial charge in [-0.3, -0.25) is 4.90 Å². The van der Waals surface area contributed by atoms with Crippen molar-refractivity contribution in [2.75, 3.05) is 51.3 Å². The van der Waals surface area contributed by atoms with Crippen LogP contribution >= 0.6 is 0 Å². The molecule has 0 unspecified atom stereocenters. The molecule has 1 heterocycles. The molecule has 0 aromatic heterocycles. The lowest BCUT2D eigenvalue weighted by Crippen LogP contribution is -2.47. The van der Waals surface area contributed by atoms with Crippen LogP contribution in [0.15, 0.2) is 18.2 Å². The van der Waals surface area contributed by atoms with E-state index >= 15 is 0 Å². The molecule has 0 N–H and O–H groups in total. The van der Waals surface area contributed by atoms with Crippen LogP contribution in [-0.2, 0) is 4.74 Å². The molecule has 0 bridgehead atoms. The summed E-state index contributed by atoms with van der Waals surface area (Å²) >= 11 is 0. The maximum Gasteiger partial charge on any atom is 0.573 e. The molecular formula is C15H21F3N2O2. The molecule has 1 aliphatic heterocycles. The van der Waals surface area contributed by atoms with Gasteiger partial charge in [0.1, 0.15) is 5.75 Å². The van der Waals surface area contributed by atoms with Crippen LogP contribution in [0.4, 0.5) is 18.9 Å². The lowest BCUT2D eigenvalue weighted by Gasteiger charge is -2.36. The van der Waals surface area contributed by atoms with Gasteiger partial charge in [-0.05, 0) is 24.6 Å². The Hall–Kier alpha value is -1.47. The minimum Gasteiger partial charge on any atom is -0.406 e. The highest BCUT2D eigenvalue weighted by Gasteiger charge is 2.31. The minimum absolute atomic E-state index is 0.163. The molecule has 0 atom stereocenters. The van der Waals surface area contributed by atoms with Gasteiger partial charge < -0.3 is 14.4 Å². The molecule has 1 fully saturated rings. The van der Waals surface area contributed by atoms with E-state index in [0.29, 0.717) is 6.61 Å². The number of halogens is 3. The second-order valence-electron chi connectivity index (χ2n) is 5.37. The largest absolute Gasteiger partial charge is 0.573 e. The van der Waals surface area contributed by atoms with Crippen molar-refractivity contribution < 1.29 is 22.6 Å². The third kappa shape index (κ3) is 5.06. The maximum atomic E-state index is 12.4. The lowest BCUT2D eigenvalue weighted by molar-refractivity contribution is -0.274. The summed E-state index contributed by atoms with van der Waals surface area (Å²) in [5.41, 5.74) is 1.52. The summed E-state index contributed by atoms with van der Waals surface area (Å²) in [6.07, 6.45) is -4.66. The van der Waals surface area contributed by atoms with E-state index in [-0.39, 0.29) is 5.75 Å². The van der Waals surface area contributed by atoms with Crippen molar-refractivity contribution in [3.8, 4) is 5.75 Å². The van der Waals surface area contributed by atoms with Crippen LogP contribution < -0.4 is 9.64 Å². The lowest BCUT2D eigenvalue weighted by atomic mass is 10.1. The van der Waals surface area contributed by atoms with Crippen molar-refractivity contribution in [3.63, 3.8) is 0 Å². The Labute approximate surface area is 128 Å². The quantitative estimate of drug-likeness (QED) is 0.833. The van der Waals surface area contributed by atoms with Gasteiger partial charge in [0.05, 0.1) is 6.61 Å². The van der Waals surface area contributed by atoms with Crippen LogP contribution in [0.3, 0.4) is 0 Å². The first-order chi connectivity index (χ1) is 10.4. The number of rotatable bonds is 5. The highest BCUT2D eigenvalue weighted by molar-refractivity contribution is 5.53. The standard InChI is InChI=1S/C15H21F3N2O2/c1-12-9-13(11-14(10-12)22-15(16,17)18)20-5-3-19(4-6-20)7-8-21-2/h9-11H,3-8H2,1-2H3. The first-order valence-corrected chi connectivity index (χ1v) is 7.21. The summed E-state index contributed by atoms with van der Waals surface area (Å²) in [6, 6.07) is 4.73. The molecule has 0 aliphatic carbocycles. The predicted octanol–water partition coefficient (Wildman–Crippen LogP) is 2.66. The SMILES string of the molecule is COCCN1CCN(c2cc(C)cc(OC(F)(F)F)c2)CC1. The number of nitrogens with zero attached hydrogens (tertiary/aromatic N) is 2. The van der Waals surface area contributed by atoms with Gasteiger partial charge in [-0.15, -0.1) is 13.2 Å². The monoisotopic (exact) mass is 318 g/mol. The van der Waals surface area contributed by atoms with Crippen molar-refractivity contribution in [2.24, 2.45) is 0 Å². The Morgan fingerprint density at radius 3 is 2.36 bits per heavy atom. The molecule has 1 aromatic rings. The van der Waals surface area contributed by atoms with Crippen molar-refractivity contribution >= 4 is 5.69 Å². The smallest absolute Gasteiger partial charge is 0.406 e. The Kier molecular flexibility index (Phi) is 5.52. The zero-order chi connectivity index (χ0) is 16.2. The molecule has 0 amide bonds. The number of ether oxygens (including phenoxy) is 2. The van der Waals surface area contributed by atoms with Crippen LogP contribution in [0.1, 0.15) is 5.56 Å². The topological polar surface area (TPSA) is 24.9 Å². The Bertz CT molecular complexity index is 486. The molecule has 22 heavy (non-hydrogen) atoms. The van der Waals surface area contributed by atoms with E-state index < -0.39 is 6.36 Å². The third-order valence-corrected chi connectivity index (χ3v) is 3.62. The summed E-state index contributed by atoms with van der Waals surface area (Å²) in [5.74, 6) is -0.163. The molecule has 1 saturated heterocycles. The van der Waals surface area contributed by atoms with Crippen molar-refractivity contribution in [2.45, 2.75) is 13.3 Å². The average molecular weight is 318 g/mol. The first kappa shape index (κ1) is 16.9. The van der Waals surface area contributed by atoms with E-state index in [9.17, 15) is 13.2 Å². The van der Waals surface area contributed by atoms with E-state index in [2.05, 4.69) is 14.5 Å². The fraction of sp³-hybridized carbons (Fsp3) is 0.600. The number of hydrogen-bond acceptors (Lipinski definition) is 4. The van der Waals surface area contributed by atoms with Gasteiger partial charge in [0.2, 0.25) is 0 Å².